The predicted molar refractivity (Wildman–Crippen MR) is 57.4 cm³/mol. The van der Waals surface area contributed by atoms with E-state index in [1.165, 1.54) is 6.07 Å². The maximum atomic E-state index is 13.2. The average Bonchev–Trinajstić information content (AvgIpc) is 2.29. The molecule has 2 nitrogen and oxygen atoms in total. The number of hydrogen-bond acceptors (Lipinski definition) is 1. The Labute approximate surface area is 107 Å². The Kier molecular flexibility index (Phi) is 4.66. The van der Waals surface area contributed by atoms with E-state index in [2.05, 4.69) is 15.9 Å². The third kappa shape index (κ3) is 3.66. The molecule has 0 saturated carbocycles. The Bertz CT molecular complexity index is 452. The van der Waals surface area contributed by atoms with Gasteiger partial charge in [-0.2, -0.15) is 8.78 Å². The molecule has 1 rings (SSSR count). The lowest BCUT2D eigenvalue weighted by atomic mass is 10.2. The molecule has 0 aromatic heterocycles. The lowest BCUT2D eigenvalue weighted by Crippen LogP contribution is -2.41. The third-order valence-electron chi connectivity index (χ3n) is 1.98. The van der Waals surface area contributed by atoms with Crippen LogP contribution >= 0.6 is 15.9 Å². The van der Waals surface area contributed by atoms with Crippen LogP contribution in [0.5, 0.6) is 0 Å². The molecule has 1 N–H and O–H groups in total. The van der Waals surface area contributed by atoms with Gasteiger partial charge in [0, 0.05) is 4.47 Å². The SMILES string of the molecule is O=C(NCC(F)(F)C(F)F)c1cc(Br)ccc1F. The van der Waals surface area contributed by atoms with Gasteiger partial charge in [-0.05, 0) is 18.2 Å². The molecule has 18 heavy (non-hydrogen) atoms. The Morgan fingerprint density at radius 1 is 1.39 bits per heavy atom. The molecule has 0 radical (unpaired) electrons. The van der Waals surface area contributed by atoms with Crippen molar-refractivity contribution in [3.8, 4) is 0 Å². The van der Waals surface area contributed by atoms with Crippen molar-refractivity contribution in [1.82, 2.24) is 5.32 Å². The highest BCUT2D eigenvalue weighted by molar-refractivity contribution is 9.10. The minimum atomic E-state index is -4.35. The smallest absolute Gasteiger partial charge is 0.324 e. The molecular formula is C10H7BrF5NO. The van der Waals surface area contributed by atoms with Crippen LogP contribution in [0.15, 0.2) is 22.7 Å². The summed E-state index contributed by atoms with van der Waals surface area (Å²) in [6.07, 6.45) is -3.90. The quantitative estimate of drug-likeness (QED) is 0.843. The lowest BCUT2D eigenvalue weighted by molar-refractivity contribution is -0.123. The number of halogens is 6. The van der Waals surface area contributed by atoms with Crippen LogP contribution < -0.4 is 5.32 Å². The number of rotatable bonds is 4. The third-order valence-corrected chi connectivity index (χ3v) is 2.47. The number of nitrogens with one attached hydrogen (secondary N) is 1. The summed E-state index contributed by atoms with van der Waals surface area (Å²) in [6, 6.07) is 3.31. The van der Waals surface area contributed by atoms with Gasteiger partial charge in [-0.25, -0.2) is 13.2 Å². The molecule has 0 spiro atoms. The fourth-order valence-corrected chi connectivity index (χ4v) is 1.40. The van der Waals surface area contributed by atoms with E-state index in [1.54, 1.807) is 5.32 Å². The van der Waals surface area contributed by atoms with E-state index >= 15 is 0 Å². The fourth-order valence-electron chi connectivity index (χ4n) is 1.04. The topological polar surface area (TPSA) is 29.1 Å². The Morgan fingerprint density at radius 3 is 2.56 bits per heavy atom. The monoisotopic (exact) mass is 331 g/mol. The van der Waals surface area contributed by atoms with Gasteiger partial charge in [0.2, 0.25) is 0 Å². The van der Waals surface area contributed by atoms with Crippen molar-refractivity contribution in [2.24, 2.45) is 0 Å². The zero-order chi connectivity index (χ0) is 13.9. The van der Waals surface area contributed by atoms with Crippen molar-refractivity contribution >= 4 is 21.8 Å². The van der Waals surface area contributed by atoms with Crippen molar-refractivity contribution in [3.63, 3.8) is 0 Å². The zero-order valence-corrected chi connectivity index (χ0v) is 10.3. The molecule has 1 aromatic rings. The molecule has 0 bridgehead atoms. The number of hydrogen-bond donors (Lipinski definition) is 1. The van der Waals surface area contributed by atoms with Crippen LogP contribution in [0.1, 0.15) is 10.4 Å². The second kappa shape index (κ2) is 5.64. The number of carbonyl (C=O) groups excluding carboxylic acids is 1. The Hall–Kier alpha value is -1.18. The van der Waals surface area contributed by atoms with Crippen molar-refractivity contribution in [2.75, 3.05) is 6.54 Å². The molecule has 0 saturated heterocycles. The van der Waals surface area contributed by atoms with E-state index in [0.717, 1.165) is 12.1 Å². The summed E-state index contributed by atoms with van der Waals surface area (Å²) >= 11 is 2.96. The zero-order valence-electron chi connectivity index (χ0n) is 8.69. The number of benzene rings is 1. The predicted octanol–water partition coefficient (Wildman–Crippen LogP) is 3.22. The molecule has 0 atom stereocenters. The van der Waals surface area contributed by atoms with Gasteiger partial charge in [0.25, 0.3) is 5.91 Å². The summed E-state index contributed by atoms with van der Waals surface area (Å²) in [5.41, 5.74) is -0.505. The molecule has 0 aliphatic heterocycles. The molecular weight excluding hydrogens is 325 g/mol. The molecule has 100 valence electrons. The van der Waals surface area contributed by atoms with Crippen LogP contribution in [-0.2, 0) is 0 Å². The van der Waals surface area contributed by atoms with Gasteiger partial charge in [-0.3, -0.25) is 4.79 Å². The van der Waals surface area contributed by atoms with E-state index in [4.69, 9.17) is 0 Å². The highest BCUT2D eigenvalue weighted by Gasteiger charge is 2.40. The number of carbonyl (C=O) groups is 1. The lowest BCUT2D eigenvalue weighted by Gasteiger charge is -2.15. The van der Waals surface area contributed by atoms with E-state index in [0.29, 0.717) is 4.47 Å². The first-order valence-corrected chi connectivity index (χ1v) is 5.42. The van der Waals surface area contributed by atoms with Gasteiger partial charge < -0.3 is 5.32 Å². The molecule has 8 heteroatoms. The van der Waals surface area contributed by atoms with Crippen LogP contribution in [0, 0.1) is 5.82 Å². The van der Waals surface area contributed by atoms with Gasteiger partial charge in [-0.15, -0.1) is 0 Å². The largest absolute Gasteiger partial charge is 0.346 e. The molecule has 0 aliphatic rings. The maximum absolute atomic E-state index is 13.2. The van der Waals surface area contributed by atoms with Gasteiger partial charge in [0.1, 0.15) is 5.82 Å². The molecule has 0 aliphatic carbocycles. The molecule has 0 unspecified atom stereocenters. The molecule has 0 heterocycles. The second-order valence-corrected chi connectivity index (χ2v) is 4.28. The summed E-state index contributed by atoms with van der Waals surface area (Å²) < 4.78 is 62.3. The summed E-state index contributed by atoms with van der Waals surface area (Å²) in [7, 11) is 0. The van der Waals surface area contributed by atoms with Crippen LogP contribution in [0.2, 0.25) is 0 Å². The minimum Gasteiger partial charge on any atom is -0.346 e. The average molecular weight is 332 g/mol. The van der Waals surface area contributed by atoms with Gasteiger partial charge >= 0.3 is 12.3 Å². The molecule has 1 amide bonds. The van der Waals surface area contributed by atoms with E-state index in [-0.39, 0.29) is 0 Å². The minimum absolute atomic E-state index is 0.356. The summed E-state index contributed by atoms with van der Waals surface area (Å²) in [4.78, 5) is 11.3. The van der Waals surface area contributed by atoms with Gasteiger partial charge in [-0.1, -0.05) is 15.9 Å². The van der Waals surface area contributed by atoms with Crippen LogP contribution in [0.3, 0.4) is 0 Å². The first-order valence-electron chi connectivity index (χ1n) is 4.63. The molecule has 0 fully saturated rings. The van der Waals surface area contributed by atoms with Crippen molar-refractivity contribution < 1.29 is 26.7 Å². The van der Waals surface area contributed by atoms with E-state index < -0.39 is 36.2 Å². The normalized spacial score (nSPS) is 11.7. The second-order valence-electron chi connectivity index (χ2n) is 3.37. The van der Waals surface area contributed by atoms with Crippen molar-refractivity contribution in [1.29, 1.82) is 0 Å². The first-order chi connectivity index (χ1) is 8.24. The van der Waals surface area contributed by atoms with Crippen LogP contribution in [0.25, 0.3) is 0 Å². The summed E-state index contributed by atoms with van der Waals surface area (Å²) in [6.45, 7) is -1.56. The molecule has 1 aromatic carbocycles. The first kappa shape index (κ1) is 14.9. The number of alkyl halides is 4. The van der Waals surface area contributed by atoms with Crippen molar-refractivity contribution in [2.45, 2.75) is 12.3 Å². The Morgan fingerprint density at radius 2 is 2.00 bits per heavy atom. The van der Waals surface area contributed by atoms with Gasteiger partial charge in [0.05, 0.1) is 12.1 Å². The van der Waals surface area contributed by atoms with Crippen LogP contribution in [-0.4, -0.2) is 24.8 Å². The summed E-state index contributed by atoms with van der Waals surface area (Å²) in [5.74, 6) is -6.47. The maximum Gasteiger partial charge on any atom is 0.324 e. The standard InChI is InChI=1S/C10H7BrF5NO/c11-5-1-2-7(12)6(3-5)8(18)17-4-10(15,16)9(13)14/h1-3,9H,4H2,(H,17,18). The summed E-state index contributed by atoms with van der Waals surface area (Å²) in [5, 5.41) is 1.56. The Balaban J connectivity index is 2.75. The van der Waals surface area contributed by atoms with Crippen molar-refractivity contribution in [3.05, 3.63) is 34.1 Å². The van der Waals surface area contributed by atoms with Gasteiger partial charge in [0.15, 0.2) is 0 Å². The highest BCUT2D eigenvalue weighted by atomic mass is 79.9. The van der Waals surface area contributed by atoms with E-state index in [1.807, 2.05) is 0 Å². The van der Waals surface area contributed by atoms with E-state index in [9.17, 15) is 26.7 Å². The highest BCUT2D eigenvalue weighted by Crippen LogP contribution is 2.22. The fraction of sp³-hybridized carbons (Fsp3) is 0.300. The number of amides is 1. The van der Waals surface area contributed by atoms with Crippen LogP contribution in [0.4, 0.5) is 22.0 Å².